The lowest BCUT2D eigenvalue weighted by molar-refractivity contribution is -0.140. The summed E-state index contributed by atoms with van der Waals surface area (Å²) in [6, 6.07) is 14.7. The summed E-state index contributed by atoms with van der Waals surface area (Å²) in [6.45, 7) is 2.20. The number of aryl methyl sites for hydroxylation is 2. The van der Waals surface area contributed by atoms with Gasteiger partial charge in [0.2, 0.25) is 17.7 Å². The number of benzene rings is 2. The molecule has 3 atom stereocenters. The summed E-state index contributed by atoms with van der Waals surface area (Å²) in [7, 11) is 1.96. The second-order valence-corrected chi connectivity index (χ2v) is 13.2. The Balaban J connectivity index is 1.17. The fourth-order valence-corrected chi connectivity index (χ4v) is 7.20. The van der Waals surface area contributed by atoms with Gasteiger partial charge < -0.3 is 24.8 Å². The molecule has 2 saturated heterocycles. The van der Waals surface area contributed by atoms with E-state index in [2.05, 4.69) is 22.8 Å². The number of piperidine rings is 1. The molecule has 2 aromatic carbocycles. The number of carbonyl (C=O) groups is 3. The molecule has 2 N–H and O–H groups in total. The molecule has 3 aliphatic rings. The Labute approximate surface area is 269 Å². The Morgan fingerprint density at radius 3 is 2.69 bits per heavy atom. The third-order valence-electron chi connectivity index (χ3n) is 9.86. The predicted octanol–water partition coefficient (Wildman–Crippen LogP) is 4.37. The lowest BCUT2D eigenvalue weighted by Crippen LogP contribution is -2.58. The highest BCUT2D eigenvalue weighted by atomic mass is 35.5. The van der Waals surface area contributed by atoms with Crippen LogP contribution in [0.15, 0.2) is 60.7 Å². The number of likely N-dealkylation sites (tertiary alicyclic amines) is 1. The molecule has 0 unspecified atom stereocenters. The molecule has 1 aromatic heterocycles. The molecular formula is C35H42ClN5O4. The van der Waals surface area contributed by atoms with Crippen LogP contribution in [-0.2, 0) is 39.0 Å². The van der Waals surface area contributed by atoms with Gasteiger partial charge in [0, 0.05) is 69.6 Å². The molecule has 0 radical (unpaired) electrons. The molecule has 45 heavy (non-hydrogen) atoms. The van der Waals surface area contributed by atoms with Gasteiger partial charge in [0.25, 0.3) is 0 Å². The number of hydrogen-bond acceptors (Lipinski definition) is 5. The molecule has 0 aliphatic carbocycles. The van der Waals surface area contributed by atoms with E-state index in [0.29, 0.717) is 76.3 Å². The first-order valence-electron chi connectivity index (χ1n) is 16.1. The zero-order valence-corrected chi connectivity index (χ0v) is 26.6. The second-order valence-electron chi connectivity index (χ2n) is 12.7. The second kappa shape index (κ2) is 13.7. The van der Waals surface area contributed by atoms with Crippen LogP contribution in [0.25, 0.3) is 11.0 Å². The number of imidazole rings is 1. The van der Waals surface area contributed by atoms with Gasteiger partial charge in [-0.3, -0.25) is 14.4 Å². The van der Waals surface area contributed by atoms with E-state index in [4.69, 9.17) is 21.3 Å². The van der Waals surface area contributed by atoms with Crippen LogP contribution >= 0.6 is 11.6 Å². The standard InChI is InChI=1S/C35H42ClN5O4/c1-40-30-11-10-26(36)22-28(30)37-31(40)12-13-32(42)41-18-14-27-25(23-41)9-5-6-15-35(16-19-45-20-17-35)34(44)39-29(33(43)38-27)21-24-7-3-2-4-8-24/h2-8,10-11,22,25,27,29H,9,12-21,23H2,1H3,(H,38,43)(H,39,44)/b6-5+/t25-,27+,29-/m1/s1. The molecule has 3 amide bonds. The Hall–Kier alpha value is -3.69. The molecule has 1 spiro atoms. The first kappa shape index (κ1) is 31.3. The number of allylic oxidation sites excluding steroid dienone is 2. The maximum atomic E-state index is 13.8. The van der Waals surface area contributed by atoms with Crippen LogP contribution in [-0.4, -0.2) is 70.6 Å². The van der Waals surface area contributed by atoms with E-state index in [9.17, 15) is 14.4 Å². The van der Waals surface area contributed by atoms with Crippen molar-refractivity contribution in [1.29, 1.82) is 0 Å². The van der Waals surface area contributed by atoms with Crippen LogP contribution in [0.3, 0.4) is 0 Å². The first-order chi connectivity index (χ1) is 21.8. The van der Waals surface area contributed by atoms with Crippen molar-refractivity contribution in [2.45, 2.75) is 63.5 Å². The van der Waals surface area contributed by atoms with Crippen molar-refractivity contribution in [2.24, 2.45) is 18.4 Å². The molecule has 6 rings (SSSR count). The van der Waals surface area contributed by atoms with Gasteiger partial charge in [-0.15, -0.1) is 0 Å². The van der Waals surface area contributed by atoms with Crippen molar-refractivity contribution in [3.63, 3.8) is 0 Å². The normalized spacial score (nSPS) is 24.7. The van der Waals surface area contributed by atoms with E-state index < -0.39 is 11.5 Å². The SMILES string of the molecule is Cn1c(CCC(=O)N2CC[C@@H]3NC(=O)[C@@H](Cc4ccccc4)NC(=O)C4(C/C=C/C[C@@H]3C2)CCOCC4)nc2cc(Cl)ccc21. The molecule has 3 aliphatic heterocycles. The van der Waals surface area contributed by atoms with Gasteiger partial charge in [0.15, 0.2) is 0 Å². The highest BCUT2D eigenvalue weighted by Gasteiger charge is 2.41. The van der Waals surface area contributed by atoms with Crippen molar-refractivity contribution in [1.82, 2.24) is 25.1 Å². The lowest BCUT2D eigenvalue weighted by atomic mass is 9.75. The number of fused-ring (bicyclic) bond motifs is 2. The van der Waals surface area contributed by atoms with Gasteiger partial charge in [-0.2, -0.15) is 0 Å². The van der Waals surface area contributed by atoms with Crippen LogP contribution in [0.4, 0.5) is 0 Å². The summed E-state index contributed by atoms with van der Waals surface area (Å²) in [5.41, 5.74) is 2.21. The van der Waals surface area contributed by atoms with Crippen LogP contribution < -0.4 is 10.6 Å². The highest BCUT2D eigenvalue weighted by molar-refractivity contribution is 6.31. The number of nitrogens with zero attached hydrogens (tertiary/aromatic N) is 3. The zero-order chi connectivity index (χ0) is 31.4. The van der Waals surface area contributed by atoms with Gasteiger partial charge in [-0.25, -0.2) is 4.98 Å². The average Bonchev–Trinajstić information content (AvgIpc) is 3.36. The average molecular weight is 632 g/mol. The van der Waals surface area contributed by atoms with Gasteiger partial charge in [0.05, 0.1) is 16.4 Å². The number of hydrogen-bond donors (Lipinski definition) is 2. The minimum Gasteiger partial charge on any atom is -0.381 e. The fraction of sp³-hybridized carbons (Fsp3) is 0.486. The molecule has 4 heterocycles. The molecule has 0 bridgehead atoms. The zero-order valence-electron chi connectivity index (χ0n) is 25.8. The van der Waals surface area contributed by atoms with E-state index >= 15 is 0 Å². The number of rotatable bonds is 5. The fourth-order valence-electron chi connectivity index (χ4n) is 7.03. The van der Waals surface area contributed by atoms with E-state index in [-0.39, 0.29) is 29.7 Å². The summed E-state index contributed by atoms with van der Waals surface area (Å²) < 4.78 is 7.63. The van der Waals surface area contributed by atoms with Gasteiger partial charge in [-0.05, 0) is 55.9 Å². The molecule has 9 nitrogen and oxygen atoms in total. The Kier molecular flexibility index (Phi) is 9.56. The van der Waals surface area contributed by atoms with Crippen LogP contribution in [0, 0.1) is 11.3 Å². The quantitative estimate of drug-likeness (QED) is 0.407. The lowest BCUT2D eigenvalue weighted by Gasteiger charge is -2.40. The largest absolute Gasteiger partial charge is 0.381 e. The maximum Gasteiger partial charge on any atom is 0.243 e. The van der Waals surface area contributed by atoms with Crippen molar-refractivity contribution in [3.8, 4) is 0 Å². The van der Waals surface area contributed by atoms with Crippen LogP contribution in [0.2, 0.25) is 5.02 Å². The van der Waals surface area contributed by atoms with Crippen LogP contribution in [0.5, 0.6) is 0 Å². The van der Waals surface area contributed by atoms with E-state index in [0.717, 1.165) is 28.8 Å². The summed E-state index contributed by atoms with van der Waals surface area (Å²) >= 11 is 6.16. The van der Waals surface area contributed by atoms with Crippen LogP contribution in [0.1, 0.15) is 49.9 Å². The Morgan fingerprint density at radius 1 is 1.09 bits per heavy atom. The van der Waals surface area contributed by atoms with E-state index in [1.54, 1.807) is 0 Å². The van der Waals surface area contributed by atoms with Crippen molar-refractivity contribution in [2.75, 3.05) is 26.3 Å². The third kappa shape index (κ3) is 7.10. The molecule has 238 valence electrons. The van der Waals surface area contributed by atoms with Gasteiger partial charge in [0.1, 0.15) is 11.9 Å². The number of carbonyl (C=O) groups excluding carboxylic acids is 3. The third-order valence-corrected chi connectivity index (χ3v) is 10.1. The minimum absolute atomic E-state index is 0.0685. The number of ether oxygens (including phenoxy) is 1. The smallest absolute Gasteiger partial charge is 0.243 e. The molecular weight excluding hydrogens is 590 g/mol. The minimum atomic E-state index is -0.688. The van der Waals surface area contributed by atoms with Gasteiger partial charge >= 0.3 is 0 Å². The summed E-state index contributed by atoms with van der Waals surface area (Å²) in [4.78, 5) is 47.7. The van der Waals surface area contributed by atoms with Gasteiger partial charge in [-0.1, -0.05) is 54.1 Å². The van der Waals surface area contributed by atoms with Crippen molar-refractivity contribution in [3.05, 3.63) is 77.1 Å². The highest BCUT2D eigenvalue weighted by Crippen LogP contribution is 2.36. The van der Waals surface area contributed by atoms with E-state index in [1.807, 2.05) is 65.0 Å². The number of halogens is 1. The number of aromatic nitrogens is 2. The summed E-state index contributed by atoms with van der Waals surface area (Å²) in [5, 5.41) is 7.07. The number of nitrogens with one attached hydrogen (secondary N) is 2. The van der Waals surface area contributed by atoms with E-state index in [1.165, 1.54) is 0 Å². The molecule has 3 aromatic rings. The van der Waals surface area contributed by atoms with Crippen molar-refractivity contribution < 1.29 is 19.1 Å². The first-order valence-corrected chi connectivity index (χ1v) is 16.5. The Bertz CT molecular complexity index is 1560. The van der Waals surface area contributed by atoms with Crippen molar-refractivity contribution >= 4 is 40.4 Å². The molecule has 10 heteroatoms. The predicted molar refractivity (Wildman–Crippen MR) is 174 cm³/mol. The maximum absolute atomic E-state index is 13.8. The molecule has 2 fully saturated rings. The Morgan fingerprint density at radius 2 is 1.89 bits per heavy atom. The topological polar surface area (TPSA) is 106 Å². The number of amides is 3. The molecule has 0 saturated carbocycles. The summed E-state index contributed by atoms with van der Waals surface area (Å²) in [5.74, 6) is 0.767. The monoisotopic (exact) mass is 631 g/mol. The summed E-state index contributed by atoms with van der Waals surface area (Å²) in [6.07, 6.45) is 8.79.